The van der Waals surface area contributed by atoms with Gasteiger partial charge in [-0.3, -0.25) is 38.8 Å². The Bertz CT molecular complexity index is 1330. The highest BCUT2D eigenvalue weighted by Gasteiger charge is 2.44. The summed E-state index contributed by atoms with van der Waals surface area (Å²) in [7, 11) is 0. The maximum atomic E-state index is 13.1. The first-order valence-corrected chi connectivity index (χ1v) is 15.9. The number of ether oxygens (including phenoxy) is 1. The zero-order valence-corrected chi connectivity index (χ0v) is 29.8. The molecule has 3 unspecified atom stereocenters. The van der Waals surface area contributed by atoms with Crippen LogP contribution in [0.2, 0.25) is 0 Å². The Morgan fingerprint density at radius 1 is 0.638 bits per heavy atom. The van der Waals surface area contributed by atoms with Gasteiger partial charge in [0.25, 0.3) is 0 Å². The van der Waals surface area contributed by atoms with Crippen LogP contribution in [0.25, 0.3) is 0 Å². The molecular weight excluding hydrogens is 608 g/mol. The number of aliphatic carboxylic acids is 3. The van der Waals surface area contributed by atoms with Gasteiger partial charge in [0, 0.05) is 51.8 Å². The maximum absolute atomic E-state index is 13.1. The number of hydrogen-bond acceptors (Lipinski definition) is 10. The number of esters is 1. The van der Waals surface area contributed by atoms with Crippen LogP contribution >= 0.6 is 0 Å². The number of rotatable bonds is 9. The number of hydrazine groups is 1. The highest BCUT2D eigenvalue weighted by atomic mass is 16.5. The summed E-state index contributed by atoms with van der Waals surface area (Å²) in [5.74, 6) is -4.03. The van der Waals surface area contributed by atoms with Crippen molar-refractivity contribution in [1.82, 2.24) is 14.8 Å². The van der Waals surface area contributed by atoms with Gasteiger partial charge in [0.15, 0.2) is 11.5 Å². The van der Waals surface area contributed by atoms with Crippen molar-refractivity contribution in [2.24, 2.45) is 16.2 Å². The van der Waals surface area contributed by atoms with Crippen LogP contribution in [0.5, 0.6) is 5.75 Å². The molecule has 0 amide bonds. The van der Waals surface area contributed by atoms with Gasteiger partial charge in [-0.15, -0.1) is 0 Å². The molecule has 0 aliphatic carbocycles. The number of carbonyl (C=O) groups excluding carboxylic acids is 2. The third kappa shape index (κ3) is 10.2. The van der Waals surface area contributed by atoms with E-state index in [0.717, 1.165) is 0 Å². The lowest BCUT2D eigenvalue weighted by Crippen LogP contribution is -2.63. The Morgan fingerprint density at radius 2 is 1.04 bits per heavy atom. The highest BCUT2D eigenvalue weighted by molar-refractivity contribution is 5.95. The monoisotopic (exact) mass is 662 g/mol. The molecule has 0 aromatic heterocycles. The van der Waals surface area contributed by atoms with Crippen LogP contribution in [0.4, 0.5) is 5.69 Å². The molecule has 1 aliphatic rings. The highest BCUT2D eigenvalue weighted by Crippen LogP contribution is 2.36. The minimum Gasteiger partial charge on any atom is -0.480 e. The molecule has 1 aromatic carbocycles. The summed E-state index contributed by atoms with van der Waals surface area (Å²) < 4.78 is 5.58. The third-order valence-electron chi connectivity index (χ3n) is 8.29. The minimum absolute atomic E-state index is 0.0551. The topological polar surface area (TPSA) is 168 Å². The van der Waals surface area contributed by atoms with E-state index < -0.39 is 58.2 Å². The Kier molecular flexibility index (Phi) is 12.7. The molecule has 1 fully saturated rings. The van der Waals surface area contributed by atoms with Gasteiger partial charge in [0.2, 0.25) is 0 Å². The first kappa shape index (κ1) is 39.6. The molecule has 3 atom stereocenters. The number of ketones is 1. The fourth-order valence-corrected chi connectivity index (χ4v) is 6.50. The molecule has 0 bridgehead atoms. The van der Waals surface area contributed by atoms with Crippen LogP contribution in [-0.4, -0.2) is 117 Å². The number of Topliss-reactive ketones (excluding diaryl/α,β-unsaturated/α-hetero) is 1. The van der Waals surface area contributed by atoms with Crippen LogP contribution in [0.3, 0.4) is 0 Å². The molecule has 264 valence electrons. The van der Waals surface area contributed by atoms with Gasteiger partial charge < -0.3 is 20.1 Å². The number of carboxylic acids is 3. The molecule has 3 N–H and O–H groups in total. The quantitative estimate of drug-likeness (QED) is 0.198. The summed E-state index contributed by atoms with van der Waals surface area (Å²) in [4.78, 5) is 66.9. The van der Waals surface area contributed by atoms with Gasteiger partial charge in [0.1, 0.15) is 18.1 Å². The summed E-state index contributed by atoms with van der Waals surface area (Å²) in [5, 5.41) is 34.8. The van der Waals surface area contributed by atoms with Crippen molar-refractivity contribution >= 4 is 35.3 Å². The Morgan fingerprint density at radius 3 is 1.40 bits per heavy atom. The van der Waals surface area contributed by atoms with Gasteiger partial charge in [-0.2, -0.15) is 0 Å². The van der Waals surface area contributed by atoms with Crippen molar-refractivity contribution in [3.8, 4) is 5.75 Å². The van der Waals surface area contributed by atoms with Gasteiger partial charge in [-0.1, -0.05) is 62.3 Å². The number of hydrogen-bond donors (Lipinski definition) is 3. The van der Waals surface area contributed by atoms with Crippen molar-refractivity contribution < 1.29 is 44.0 Å². The molecule has 1 aliphatic heterocycles. The van der Waals surface area contributed by atoms with E-state index in [1.54, 1.807) is 40.6 Å². The molecular formula is C34H54N4O9. The number of carboxylic acid groups (broad SMARTS) is 3. The minimum atomic E-state index is -1.17. The first-order valence-electron chi connectivity index (χ1n) is 15.9. The van der Waals surface area contributed by atoms with Crippen molar-refractivity contribution in [1.29, 1.82) is 0 Å². The number of anilines is 1. The van der Waals surface area contributed by atoms with E-state index in [2.05, 4.69) is 0 Å². The van der Waals surface area contributed by atoms with E-state index in [4.69, 9.17) is 4.74 Å². The Hall–Kier alpha value is -3.55. The fraction of sp³-hybridized carbons (Fsp3) is 0.676. The number of carbonyl (C=O) groups is 5. The van der Waals surface area contributed by atoms with E-state index >= 15 is 0 Å². The van der Waals surface area contributed by atoms with E-state index in [1.807, 2.05) is 41.5 Å². The lowest BCUT2D eigenvalue weighted by molar-refractivity contribution is -0.153. The van der Waals surface area contributed by atoms with E-state index in [9.17, 15) is 39.3 Å². The predicted molar refractivity (Wildman–Crippen MR) is 178 cm³/mol. The summed E-state index contributed by atoms with van der Waals surface area (Å²) >= 11 is 0. The molecule has 0 radical (unpaired) electrons. The second kappa shape index (κ2) is 15.1. The normalized spacial score (nSPS) is 18.6. The summed E-state index contributed by atoms with van der Waals surface area (Å²) in [6.07, 6.45) is 0. The average Bonchev–Trinajstić information content (AvgIpc) is 2.86. The summed E-state index contributed by atoms with van der Waals surface area (Å²) in [6.45, 7) is 19.6. The molecule has 47 heavy (non-hydrogen) atoms. The van der Waals surface area contributed by atoms with Crippen LogP contribution < -0.4 is 9.75 Å². The Labute approximate surface area is 278 Å². The van der Waals surface area contributed by atoms with Crippen LogP contribution in [0.1, 0.15) is 86.5 Å². The van der Waals surface area contributed by atoms with E-state index in [1.165, 1.54) is 32.0 Å². The molecule has 1 aromatic rings. The van der Waals surface area contributed by atoms with Gasteiger partial charge in [0.05, 0.1) is 5.69 Å². The van der Waals surface area contributed by atoms with Crippen LogP contribution in [0.15, 0.2) is 18.2 Å². The van der Waals surface area contributed by atoms with Crippen molar-refractivity contribution in [3.63, 3.8) is 0 Å². The smallest absolute Gasteiger partial charge is 0.323 e. The van der Waals surface area contributed by atoms with Crippen LogP contribution in [-0.2, 0) is 19.2 Å². The number of benzene rings is 1. The van der Waals surface area contributed by atoms with E-state index in [-0.39, 0.29) is 56.5 Å². The second-order valence-electron chi connectivity index (χ2n) is 15.5. The summed E-state index contributed by atoms with van der Waals surface area (Å²) in [5.41, 5.74) is -1.76. The first-order chi connectivity index (χ1) is 21.4. The van der Waals surface area contributed by atoms with Gasteiger partial charge in [-0.25, -0.2) is 5.01 Å². The molecule has 1 saturated heterocycles. The standard InChI is InChI=1S/C34H54N4O9/c1-21(39)23-12-13-25(47-22(2)40)24(20-23)37-18-16-35(26(29(41)42)32(3,4)5)14-15-36(27(30(43)44)33(6,7)8)17-19-38(37)28(31(45)46)34(9,10)11/h12-13,20,26-28H,14-19H2,1-11H3,(H,41,42)(H,43,44)(H,45,46). The SMILES string of the molecule is CC(=O)Oc1ccc(C(C)=O)cc1N1CCN(C(C(=O)O)C(C)(C)C)CCN(C(C(=O)O)C(C)(C)C)CCN1C(C(=O)O)C(C)(C)C. The van der Waals surface area contributed by atoms with Crippen LogP contribution in [0, 0.1) is 16.2 Å². The zero-order chi connectivity index (χ0) is 36.2. The largest absolute Gasteiger partial charge is 0.480 e. The lowest BCUT2D eigenvalue weighted by atomic mass is 9.84. The van der Waals surface area contributed by atoms with Gasteiger partial charge in [-0.05, 0) is 41.4 Å². The predicted octanol–water partition coefficient (Wildman–Crippen LogP) is 3.95. The van der Waals surface area contributed by atoms with Gasteiger partial charge >= 0.3 is 23.9 Å². The molecule has 13 heteroatoms. The van der Waals surface area contributed by atoms with E-state index in [0.29, 0.717) is 5.56 Å². The van der Waals surface area contributed by atoms with Crippen molar-refractivity contribution in [3.05, 3.63) is 23.8 Å². The zero-order valence-electron chi connectivity index (χ0n) is 29.8. The fourth-order valence-electron chi connectivity index (χ4n) is 6.50. The molecule has 2 rings (SSSR count). The molecule has 1 heterocycles. The number of nitrogens with zero attached hydrogens (tertiary/aromatic N) is 4. The second-order valence-corrected chi connectivity index (χ2v) is 15.5. The summed E-state index contributed by atoms with van der Waals surface area (Å²) in [6, 6.07) is 1.41. The molecule has 0 saturated carbocycles. The maximum Gasteiger partial charge on any atom is 0.323 e. The van der Waals surface area contributed by atoms with Crippen molar-refractivity contribution in [2.45, 2.75) is 94.3 Å². The third-order valence-corrected chi connectivity index (χ3v) is 8.29. The average molecular weight is 663 g/mol. The molecule has 13 nitrogen and oxygen atoms in total. The lowest BCUT2D eigenvalue weighted by Gasteiger charge is -2.49. The van der Waals surface area contributed by atoms with Crippen molar-refractivity contribution in [2.75, 3.05) is 44.3 Å². The Balaban J connectivity index is 3.00. The molecule has 0 spiro atoms.